The van der Waals surface area contributed by atoms with Gasteiger partial charge in [-0.1, -0.05) is 42.5 Å². The molecule has 1 N–H and O–H groups in total. The van der Waals surface area contributed by atoms with Gasteiger partial charge in [0, 0.05) is 26.2 Å². The minimum Gasteiger partial charge on any atom is -0.465 e. The smallest absolute Gasteiger partial charge is 0.320 e. The Bertz CT molecular complexity index is 891. The van der Waals surface area contributed by atoms with E-state index in [4.69, 9.17) is 9.72 Å². The third kappa shape index (κ3) is 4.24. The largest absolute Gasteiger partial charge is 0.465 e. The van der Waals surface area contributed by atoms with E-state index in [1.54, 1.807) is 0 Å². The van der Waals surface area contributed by atoms with Gasteiger partial charge >= 0.3 is 5.97 Å². The summed E-state index contributed by atoms with van der Waals surface area (Å²) in [4.78, 5) is 25.0. The van der Waals surface area contributed by atoms with Crippen LogP contribution >= 0.6 is 0 Å². The molecule has 1 aliphatic rings. The number of hydrogen-bond acceptors (Lipinski definition) is 5. The summed E-state index contributed by atoms with van der Waals surface area (Å²) in [5.41, 5.74) is 3.27. The Hall–Kier alpha value is -2.70. The number of esters is 1. The summed E-state index contributed by atoms with van der Waals surface area (Å²) in [5, 5.41) is 0. The van der Waals surface area contributed by atoms with Crippen molar-refractivity contribution in [1.29, 1.82) is 0 Å². The molecule has 2 aromatic carbocycles. The Labute approximate surface area is 165 Å². The van der Waals surface area contributed by atoms with E-state index in [-0.39, 0.29) is 18.6 Å². The fourth-order valence-electron chi connectivity index (χ4n) is 3.81. The van der Waals surface area contributed by atoms with Crippen LogP contribution in [0.15, 0.2) is 54.6 Å². The van der Waals surface area contributed by atoms with Gasteiger partial charge in [0.2, 0.25) is 0 Å². The van der Waals surface area contributed by atoms with Crippen molar-refractivity contribution in [3.05, 3.63) is 66.0 Å². The molecule has 6 nitrogen and oxygen atoms in total. The molecular formula is C22H26N4O2. The van der Waals surface area contributed by atoms with Crippen molar-refractivity contribution < 1.29 is 9.53 Å². The first-order valence-electron chi connectivity index (χ1n) is 9.83. The molecule has 4 rings (SSSR count). The lowest BCUT2D eigenvalue weighted by Crippen LogP contribution is -2.50. The monoisotopic (exact) mass is 378 g/mol. The van der Waals surface area contributed by atoms with Crippen LogP contribution in [0.3, 0.4) is 0 Å². The molecule has 0 saturated carbocycles. The number of hydrogen-bond donors (Lipinski definition) is 1. The fourth-order valence-corrected chi connectivity index (χ4v) is 3.81. The average molecular weight is 378 g/mol. The molecule has 6 heteroatoms. The zero-order valence-electron chi connectivity index (χ0n) is 16.2. The Morgan fingerprint density at radius 2 is 1.93 bits per heavy atom. The van der Waals surface area contributed by atoms with E-state index in [1.807, 2.05) is 37.3 Å². The second-order valence-electron chi connectivity index (χ2n) is 7.15. The molecule has 0 radical (unpaired) electrons. The highest BCUT2D eigenvalue weighted by Crippen LogP contribution is 2.26. The van der Waals surface area contributed by atoms with Crippen LogP contribution in [0.1, 0.15) is 24.4 Å². The summed E-state index contributed by atoms with van der Waals surface area (Å²) in [5.74, 6) is 0.725. The minimum absolute atomic E-state index is 0.0225. The molecule has 0 spiro atoms. The van der Waals surface area contributed by atoms with Crippen LogP contribution in [-0.2, 0) is 16.1 Å². The summed E-state index contributed by atoms with van der Waals surface area (Å²) in [6.45, 7) is 5.95. The van der Waals surface area contributed by atoms with Gasteiger partial charge in [0.25, 0.3) is 0 Å². The lowest BCUT2D eigenvalue weighted by atomic mass is 10.1. The van der Waals surface area contributed by atoms with Crippen molar-refractivity contribution in [3.63, 3.8) is 0 Å². The third-order valence-electron chi connectivity index (χ3n) is 5.19. The molecule has 146 valence electrons. The van der Waals surface area contributed by atoms with Crippen molar-refractivity contribution >= 4 is 17.0 Å². The van der Waals surface area contributed by atoms with Crippen LogP contribution in [0.2, 0.25) is 0 Å². The van der Waals surface area contributed by atoms with Gasteiger partial charge < -0.3 is 9.72 Å². The Morgan fingerprint density at radius 1 is 1.14 bits per heavy atom. The van der Waals surface area contributed by atoms with Crippen molar-refractivity contribution in [2.45, 2.75) is 19.5 Å². The normalized spacial score (nSPS) is 18.4. The number of para-hydroxylation sites is 2. The first-order chi connectivity index (χ1) is 13.7. The fraction of sp³-hybridized carbons (Fsp3) is 0.364. The highest BCUT2D eigenvalue weighted by Gasteiger charge is 2.32. The average Bonchev–Trinajstić information content (AvgIpc) is 3.14. The standard InChI is InChI=1S/C22H26N4O2/c1-2-28-21(27)16-26-13-12-25(14-17-8-4-3-5-9-17)15-20(26)22-23-18-10-6-7-11-19(18)24-22/h3-11,20H,2,12-16H2,1H3,(H,23,24). The number of aromatic amines is 1. The Morgan fingerprint density at radius 3 is 2.71 bits per heavy atom. The Balaban J connectivity index is 1.56. The highest BCUT2D eigenvalue weighted by atomic mass is 16.5. The van der Waals surface area contributed by atoms with Crippen LogP contribution < -0.4 is 0 Å². The number of aromatic nitrogens is 2. The van der Waals surface area contributed by atoms with Gasteiger partial charge in [0.05, 0.1) is 30.2 Å². The van der Waals surface area contributed by atoms with E-state index >= 15 is 0 Å². The van der Waals surface area contributed by atoms with E-state index in [0.717, 1.165) is 43.0 Å². The van der Waals surface area contributed by atoms with E-state index in [2.05, 4.69) is 39.0 Å². The number of nitrogens with one attached hydrogen (secondary N) is 1. The zero-order valence-corrected chi connectivity index (χ0v) is 16.2. The number of H-pyrrole nitrogens is 1. The molecular weight excluding hydrogens is 352 g/mol. The lowest BCUT2D eigenvalue weighted by Gasteiger charge is -2.40. The predicted molar refractivity (Wildman–Crippen MR) is 109 cm³/mol. The molecule has 0 aliphatic carbocycles. The highest BCUT2D eigenvalue weighted by molar-refractivity contribution is 5.75. The number of fused-ring (bicyclic) bond motifs is 1. The van der Waals surface area contributed by atoms with E-state index in [9.17, 15) is 4.79 Å². The van der Waals surface area contributed by atoms with Crippen LogP contribution in [0.5, 0.6) is 0 Å². The van der Waals surface area contributed by atoms with Gasteiger partial charge in [0.15, 0.2) is 0 Å². The maximum absolute atomic E-state index is 12.1. The number of benzene rings is 2. The second kappa shape index (κ2) is 8.54. The summed E-state index contributed by atoms with van der Waals surface area (Å²) in [6, 6.07) is 18.6. The summed E-state index contributed by atoms with van der Waals surface area (Å²) in [6.07, 6.45) is 0. The second-order valence-corrected chi connectivity index (χ2v) is 7.15. The van der Waals surface area contributed by atoms with Crippen LogP contribution in [0.25, 0.3) is 11.0 Å². The first kappa shape index (κ1) is 18.7. The van der Waals surface area contributed by atoms with Crippen LogP contribution in [0.4, 0.5) is 0 Å². The number of piperazine rings is 1. The molecule has 2 heterocycles. The number of carbonyl (C=O) groups is 1. The SMILES string of the molecule is CCOC(=O)CN1CCN(Cc2ccccc2)CC1c1nc2ccccc2[nH]1. The summed E-state index contributed by atoms with van der Waals surface area (Å²) < 4.78 is 5.19. The van der Waals surface area contributed by atoms with Gasteiger partial charge in [-0.05, 0) is 24.6 Å². The van der Waals surface area contributed by atoms with Gasteiger partial charge in [0.1, 0.15) is 5.82 Å². The minimum atomic E-state index is -0.180. The first-order valence-corrected chi connectivity index (χ1v) is 9.83. The summed E-state index contributed by atoms with van der Waals surface area (Å²) >= 11 is 0. The summed E-state index contributed by atoms with van der Waals surface area (Å²) in [7, 11) is 0. The predicted octanol–water partition coefficient (Wildman–Crippen LogP) is 2.98. The number of carbonyl (C=O) groups excluding carboxylic acids is 1. The zero-order chi connectivity index (χ0) is 19.3. The molecule has 1 atom stereocenters. The van der Waals surface area contributed by atoms with Crippen molar-refractivity contribution in [3.8, 4) is 0 Å². The van der Waals surface area contributed by atoms with Crippen molar-refractivity contribution in [1.82, 2.24) is 19.8 Å². The van der Waals surface area contributed by atoms with Crippen molar-refractivity contribution in [2.24, 2.45) is 0 Å². The van der Waals surface area contributed by atoms with Gasteiger partial charge in [-0.25, -0.2) is 4.98 Å². The molecule has 3 aromatic rings. The van der Waals surface area contributed by atoms with E-state index in [1.165, 1.54) is 5.56 Å². The number of imidazole rings is 1. The number of nitrogens with zero attached hydrogens (tertiary/aromatic N) is 3. The molecule has 28 heavy (non-hydrogen) atoms. The number of ether oxygens (including phenoxy) is 1. The topological polar surface area (TPSA) is 61.5 Å². The maximum Gasteiger partial charge on any atom is 0.320 e. The molecule has 1 aliphatic heterocycles. The van der Waals surface area contributed by atoms with E-state index < -0.39 is 0 Å². The molecule has 1 aromatic heterocycles. The molecule has 0 bridgehead atoms. The van der Waals surface area contributed by atoms with Crippen LogP contribution in [-0.4, -0.2) is 58.5 Å². The lowest BCUT2D eigenvalue weighted by molar-refractivity contribution is -0.145. The van der Waals surface area contributed by atoms with Gasteiger partial charge in [-0.15, -0.1) is 0 Å². The maximum atomic E-state index is 12.1. The Kier molecular flexibility index (Phi) is 5.69. The molecule has 1 saturated heterocycles. The van der Waals surface area contributed by atoms with E-state index in [0.29, 0.717) is 6.61 Å². The third-order valence-corrected chi connectivity index (χ3v) is 5.19. The quantitative estimate of drug-likeness (QED) is 0.668. The van der Waals surface area contributed by atoms with Gasteiger partial charge in [-0.2, -0.15) is 0 Å². The van der Waals surface area contributed by atoms with Gasteiger partial charge in [-0.3, -0.25) is 14.6 Å². The van der Waals surface area contributed by atoms with Crippen LogP contribution in [0, 0.1) is 0 Å². The number of rotatable bonds is 6. The van der Waals surface area contributed by atoms with Crippen molar-refractivity contribution in [2.75, 3.05) is 32.8 Å². The molecule has 1 unspecified atom stereocenters. The molecule has 0 amide bonds. The molecule has 1 fully saturated rings.